The van der Waals surface area contributed by atoms with Crippen molar-refractivity contribution in [2.45, 2.75) is 13.5 Å². The van der Waals surface area contributed by atoms with E-state index >= 15 is 0 Å². The number of hydrogen-bond acceptors (Lipinski definition) is 3. The third kappa shape index (κ3) is 6.04. The minimum Gasteiger partial charge on any atom is -0.484 e. The molecule has 3 aromatic rings. The number of ether oxygens (including phenoxy) is 1. The van der Waals surface area contributed by atoms with Crippen LogP contribution in [0.1, 0.15) is 11.1 Å². The fraction of sp³-hybridized carbons (Fsp3) is 0.136. The summed E-state index contributed by atoms with van der Waals surface area (Å²) >= 11 is 5.88. The molecule has 0 saturated carbocycles. The summed E-state index contributed by atoms with van der Waals surface area (Å²) in [6.07, 6.45) is 0. The highest BCUT2D eigenvalue weighted by molar-refractivity contribution is 6.30. The van der Waals surface area contributed by atoms with Gasteiger partial charge in [0.25, 0.3) is 5.91 Å². The van der Waals surface area contributed by atoms with Crippen molar-refractivity contribution in [2.75, 3.05) is 17.2 Å². The van der Waals surface area contributed by atoms with E-state index < -0.39 is 0 Å². The normalized spacial score (nSPS) is 10.3. The van der Waals surface area contributed by atoms with Crippen LogP contribution < -0.4 is 15.4 Å². The summed E-state index contributed by atoms with van der Waals surface area (Å²) in [5.41, 5.74) is 3.98. The lowest BCUT2D eigenvalue weighted by molar-refractivity contribution is -0.118. The van der Waals surface area contributed by atoms with E-state index in [1.165, 1.54) is 0 Å². The number of nitrogens with one attached hydrogen (secondary N) is 2. The Labute approximate surface area is 164 Å². The zero-order valence-corrected chi connectivity index (χ0v) is 15.8. The Morgan fingerprint density at radius 1 is 0.963 bits per heavy atom. The van der Waals surface area contributed by atoms with Crippen LogP contribution in [0.4, 0.5) is 11.4 Å². The van der Waals surface area contributed by atoms with Gasteiger partial charge in [-0.05, 0) is 66.6 Å². The quantitative estimate of drug-likeness (QED) is 0.586. The van der Waals surface area contributed by atoms with Crippen molar-refractivity contribution in [1.29, 1.82) is 0 Å². The van der Waals surface area contributed by atoms with E-state index in [-0.39, 0.29) is 12.5 Å². The summed E-state index contributed by atoms with van der Waals surface area (Å²) in [6, 6.07) is 22.9. The molecule has 1 amide bonds. The molecule has 3 rings (SSSR count). The number of carbonyl (C=O) groups is 1. The maximum absolute atomic E-state index is 12.0. The van der Waals surface area contributed by atoms with E-state index in [9.17, 15) is 4.79 Å². The number of rotatable bonds is 7. The van der Waals surface area contributed by atoms with Crippen LogP contribution in [-0.2, 0) is 11.3 Å². The molecule has 5 heteroatoms. The zero-order valence-electron chi connectivity index (χ0n) is 15.0. The van der Waals surface area contributed by atoms with E-state index in [1.807, 2.05) is 79.7 Å². The minimum atomic E-state index is -0.186. The van der Waals surface area contributed by atoms with E-state index in [2.05, 4.69) is 10.6 Å². The van der Waals surface area contributed by atoms with E-state index in [4.69, 9.17) is 16.3 Å². The minimum absolute atomic E-state index is 0.0314. The van der Waals surface area contributed by atoms with Gasteiger partial charge in [0.2, 0.25) is 0 Å². The van der Waals surface area contributed by atoms with Crippen LogP contribution in [-0.4, -0.2) is 12.5 Å². The van der Waals surface area contributed by atoms with Gasteiger partial charge >= 0.3 is 0 Å². The average Bonchev–Trinajstić information content (AvgIpc) is 2.67. The first-order valence-corrected chi connectivity index (χ1v) is 9.04. The Kier molecular flexibility index (Phi) is 6.34. The lowest BCUT2D eigenvalue weighted by Gasteiger charge is -2.10. The molecule has 138 valence electrons. The van der Waals surface area contributed by atoms with Crippen molar-refractivity contribution in [3.63, 3.8) is 0 Å². The lowest BCUT2D eigenvalue weighted by Crippen LogP contribution is -2.20. The van der Waals surface area contributed by atoms with Gasteiger partial charge in [-0.15, -0.1) is 0 Å². The molecule has 0 spiro atoms. The SMILES string of the molecule is Cc1cccc(NC(=O)COc2ccc(CNc3ccc(Cl)cc3)cc2)c1. The highest BCUT2D eigenvalue weighted by Crippen LogP contribution is 2.16. The van der Waals surface area contributed by atoms with Gasteiger partial charge in [-0.2, -0.15) is 0 Å². The van der Waals surface area contributed by atoms with Crippen molar-refractivity contribution in [2.24, 2.45) is 0 Å². The summed E-state index contributed by atoms with van der Waals surface area (Å²) < 4.78 is 5.55. The predicted molar refractivity (Wildman–Crippen MR) is 111 cm³/mol. The molecule has 4 nitrogen and oxygen atoms in total. The number of aryl methyl sites for hydroxylation is 1. The second-order valence-electron chi connectivity index (χ2n) is 6.21. The second kappa shape index (κ2) is 9.10. The van der Waals surface area contributed by atoms with Crippen LogP contribution >= 0.6 is 11.6 Å². The second-order valence-corrected chi connectivity index (χ2v) is 6.65. The number of carbonyl (C=O) groups excluding carboxylic acids is 1. The van der Waals surface area contributed by atoms with Gasteiger partial charge in [0, 0.05) is 22.9 Å². The van der Waals surface area contributed by atoms with Crippen LogP contribution in [0.15, 0.2) is 72.8 Å². The number of halogens is 1. The topological polar surface area (TPSA) is 50.4 Å². The molecular formula is C22H21ClN2O2. The van der Waals surface area contributed by atoms with Crippen molar-refractivity contribution < 1.29 is 9.53 Å². The smallest absolute Gasteiger partial charge is 0.262 e. The van der Waals surface area contributed by atoms with Gasteiger partial charge in [0.15, 0.2) is 6.61 Å². The maximum atomic E-state index is 12.0. The molecule has 0 fully saturated rings. The summed E-state index contributed by atoms with van der Waals surface area (Å²) in [5.74, 6) is 0.471. The molecule has 3 aromatic carbocycles. The summed E-state index contributed by atoms with van der Waals surface area (Å²) in [7, 11) is 0. The summed E-state index contributed by atoms with van der Waals surface area (Å²) in [6.45, 7) is 2.64. The molecule has 0 unspecified atom stereocenters. The largest absolute Gasteiger partial charge is 0.484 e. The van der Waals surface area contributed by atoms with Gasteiger partial charge in [0.1, 0.15) is 5.75 Å². The van der Waals surface area contributed by atoms with Crippen LogP contribution in [0.3, 0.4) is 0 Å². The van der Waals surface area contributed by atoms with Gasteiger partial charge in [-0.1, -0.05) is 35.9 Å². The molecule has 0 bridgehead atoms. The molecule has 0 aromatic heterocycles. The van der Waals surface area contributed by atoms with Gasteiger partial charge in [-0.25, -0.2) is 0 Å². The molecule has 0 aliphatic heterocycles. The standard InChI is InChI=1S/C22H21ClN2O2/c1-16-3-2-4-20(13-16)25-22(26)15-27-21-11-5-17(6-12-21)14-24-19-9-7-18(23)8-10-19/h2-13,24H,14-15H2,1H3,(H,25,26). The lowest BCUT2D eigenvalue weighted by atomic mass is 10.2. The Morgan fingerprint density at radius 3 is 2.41 bits per heavy atom. The zero-order chi connectivity index (χ0) is 19.1. The van der Waals surface area contributed by atoms with E-state index in [1.54, 1.807) is 0 Å². The van der Waals surface area contributed by atoms with Crippen LogP contribution in [0.2, 0.25) is 5.02 Å². The summed E-state index contributed by atoms with van der Waals surface area (Å²) in [5, 5.41) is 6.87. The molecule has 0 saturated heterocycles. The Bertz CT molecular complexity index is 893. The van der Waals surface area contributed by atoms with Crippen LogP contribution in [0, 0.1) is 6.92 Å². The number of benzene rings is 3. The number of anilines is 2. The van der Waals surface area contributed by atoms with Gasteiger partial charge in [0.05, 0.1) is 0 Å². The molecule has 27 heavy (non-hydrogen) atoms. The molecular weight excluding hydrogens is 360 g/mol. The Morgan fingerprint density at radius 2 is 1.70 bits per heavy atom. The third-order valence-corrected chi connectivity index (χ3v) is 4.19. The first-order chi connectivity index (χ1) is 13.1. The molecule has 0 heterocycles. The van der Waals surface area contributed by atoms with E-state index in [0.717, 1.165) is 22.5 Å². The average molecular weight is 381 g/mol. The Hall–Kier alpha value is -2.98. The Balaban J connectivity index is 1.45. The predicted octanol–water partition coefficient (Wildman–Crippen LogP) is 5.28. The first kappa shape index (κ1) is 18.8. The van der Waals surface area contributed by atoms with Crippen molar-refractivity contribution in [3.05, 3.63) is 88.9 Å². The van der Waals surface area contributed by atoms with Crippen LogP contribution in [0.25, 0.3) is 0 Å². The number of hydrogen-bond donors (Lipinski definition) is 2. The van der Waals surface area contributed by atoms with E-state index in [0.29, 0.717) is 17.3 Å². The first-order valence-electron chi connectivity index (χ1n) is 8.66. The third-order valence-electron chi connectivity index (χ3n) is 3.94. The van der Waals surface area contributed by atoms with Crippen LogP contribution in [0.5, 0.6) is 5.75 Å². The molecule has 0 radical (unpaired) electrons. The van der Waals surface area contributed by atoms with Gasteiger partial charge < -0.3 is 15.4 Å². The molecule has 0 aliphatic carbocycles. The summed E-state index contributed by atoms with van der Waals surface area (Å²) in [4.78, 5) is 12.0. The highest BCUT2D eigenvalue weighted by atomic mass is 35.5. The fourth-order valence-electron chi connectivity index (χ4n) is 2.54. The monoisotopic (exact) mass is 380 g/mol. The van der Waals surface area contributed by atoms with Crippen molar-refractivity contribution >= 4 is 28.9 Å². The molecule has 0 atom stereocenters. The molecule has 2 N–H and O–H groups in total. The molecule has 0 aliphatic rings. The maximum Gasteiger partial charge on any atom is 0.262 e. The van der Waals surface area contributed by atoms with Crippen molar-refractivity contribution in [3.8, 4) is 5.75 Å². The fourth-order valence-corrected chi connectivity index (χ4v) is 2.67. The highest BCUT2D eigenvalue weighted by Gasteiger charge is 2.04. The van der Waals surface area contributed by atoms with Gasteiger partial charge in [-0.3, -0.25) is 4.79 Å². The number of amides is 1. The van der Waals surface area contributed by atoms with Crippen molar-refractivity contribution in [1.82, 2.24) is 0 Å².